The molecule has 2 atom stereocenters. The van der Waals surface area contributed by atoms with Gasteiger partial charge in [0.2, 0.25) is 0 Å². The fraction of sp³-hybridized carbons (Fsp3) is 0.364. The predicted octanol–water partition coefficient (Wildman–Crippen LogP) is 1.89. The fourth-order valence-electron chi connectivity index (χ4n) is 1.23. The van der Waals surface area contributed by atoms with E-state index in [9.17, 15) is 10.2 Å². The molecule has 0 heterocycles. The summed E-state index contributed by atoms with van der Waals surface area (Å²) in [4.78, 5) is 0. The number of alkyl halides is 1. The predicted molar refractivity (Wildman–Crippen MR) is 60.3 cm³/mol. The summed E-state index contributed by atoms with van der Waals surface area (Å²) in [6.07, 6.45) is -2.08. The summed E-state index contributed by atoms with van der Waals surface area (Å²) in [5.74, 6) is 0. The Morgan fingerprint density at radius 3 is 2.33 bits per heavy atom. The van der Waals surface area contributed by atoms with Gasteiger partial charge in [-0.05, 0) is 11.1 Å². The number of aliphatic hydroxyl groups excluding tert-OH is 2. The van der Waals surface area contributed by atoms with Crippen molar-refractivity contribution in [1.29, 1.82) is 5.26 Å². The molecule has 4 heteroatoms. The van der Waals surface area contributed by atoms with Crippen LogP contribution in [0.15, 0.2) is 24.3 Å². The minimum atomic E-state index is -1.02. The molecular weight excluding hydrogens is 258 g/mol. The molecule has 0 amide bonds. The van der Waals surface area contributed by atoms with Gasteiger partial charge in [0.05, 0.1) is 18.6 Å². The standard InChI is InChI=1S/C11H12BrNO2/c12-7-8-1-3-9(4-2-8)11(15)10(14)5-6-13/h1-4,10-11,14-15H,5,7H2. The average molecular weight is 270 g/mol. The zero-order chi connectivity index (χ0) is 11.3. The molecule has 0 aromatic heterocycles. The molecule has 0 aliphatic carbocycles. The summed E-state index contributed by atoms with van der Waals surface area (Å²) in [7, 11) is 0. The zero-order valence-corrected chi connectivity index (χ0v) is 9.68. The highest BCUT2D eigenvalue weighted by Crippen LogP contribution is 2.19. The molecule has 0 radical (unpaired) electrons. The van der Waals surface area contributed by atoms with Crippen molar-refractivity contribution in [3.05, 3.63) is 35.4 Å². The van der Waals surface area contributed by atoms with Crippen LogP contribution >= 0.6 is 15.9 Å². The summed E-state index contributed by atoms with van der Waals surface area (Å²) in [5, 5.41) is 28.2. The van der Waals surface area contributed by atoms with E-state index in [1.807, 2.05) is 18.2 Å². The lowest BCUT2D eigenvalue weighted by molar-refractivity contribution is 0.0216. The van der Waals surface area contributed by atoms with Gasteiger partial charge in [0.1, 0.15) is 6.10 Å². The first-order chi connectivity index (χ1) is 7.19. The molecule has 0 aliphatic heterocycles. The van der Waals surface area contributed by atoms with Gasteiger partial charge in [0.25, 0.3) is 0 Å². The molecule has 15 heavy (non-hydrogen) atoms. The summed E-state index contributed by atoms with van der Waals surface area (Å²) in [6.45, 7) is 0. The second kappa shape index (κ2) is 5.86. The first-order valence-electron chi connectivity index (χ1n) is 4.57. The Bertz CT molecular complexity index is 345. The first kappa shape index (κ1) is 12.2. The molecule has 0 fully saturated rings. The van der Waals surface area contributed by atoms with Crippen LogP contribution in [0.4, 0.5) is 0 Å². The maximum absolute atomic E-state index is 9.67. The van der Waals surface area contributed by atoms with Crippen molar-refractivity contribution < 1.29 is 10.2 Å². The van der Waals surface area contributed by atoms with Gasteiger partial charge < -0.3 is 10.2 Å². The van der Waals surface area contributed by atoms with E-state index in [0.29, 0.717) is 5.56 Å². The Balaban J connectivity index is 2.74. The van der Waals surface area contributed by atoms with Crippen LogP contribution in [0.5, 0.6) is 0 Å². The lowest BCUT2D eigenvalue weighted by Gasteiger charge is -2.15. The molecule has 2 unspecified atom stereocenters. The Kier molecular flexibility index (Phi) is 4.76. The number of halogens is 1. The Hall–Kier alpha value is -0.890. The number of rotatable bonds is 4. The second-order valence-electron chi connectivity index (χ2n) is 3.25. The summed E-state index contributed by atoms with van der Waals surface area (Å²) < 4.78 is 0. The number of hydrogen-bond acceptors (Lipinski definition) is 3. The van der Waals surface area contributed by atoms with E-state index in [0.717, 1.165) is 10.9 Å². The van der Waals surface area contributed by atoms with E-state index in [1.165, 1.54) is 0 Å². The van der Waals surface area contributed by atoms with Gasteiger partial charge in [-0.25, -0.2) is 0 Å². The molecule has 0 saturated heterocycles. The van der Waals surface area contributed by atoms with Crippen LogP contribution in [0.3, 0.4) is 0 Å². The Morgan fingerprint density at radius 1 is 1.27 bits per heavy atom. The normalized spacial score (nSPS) is 14.3. The van der Waals surface area contributed by atoms with Crippen molar-refractivity contribution in [2.75, 3.05) is 0 Å². The minimum absolute atomic E-state index is 0.0681. The van der Waals surface area contributed by atoms with Crippen LogP contribution in [0.25, 0.3) is 0 Å². The van der Waals surface area contributed by atoms with E-state index in [-0.39, 0.29) is 6.42 Å². The molecule has 0 saturated carbocycles. The van der Waals surface area contributed by atoms with E-state index >= 15 is 0 Å². The van der Waals surface area contributed by atoms with Crippen molar-refractivity contribution >= 4 is 15.9 Å². The van der Waals surface area contributed by atoms with E-state index in [1.54, 1.807) is 12.1 Å². The molecular formula is C11H12BrNO2. The monoisotopic (exact) mass is 269 g/mol. The lowest BCUT2D eigenvalue weighted by Crippen LogP contribution is -2.17. The van der Waals surface area contributed by atoms with Gasteiger partial charge >= 0.3 is 0 Å². The number of nitriles is 1. The SMILES string of the molecule is N#CCC(O)C(O)c1ccc(CBr)cc1. The smallest absolute Gasteiger partial charge is 0.106 e. The molecule has 1 rings (SSSR count). The molecule has 0 bridgehead atoms. The maximum atomic E-state index is 9.67. The highest BCUT2D eigenvalue weighted by Gasteiger charge is 2.17. The molecule has 0 spiro atoms. The third-order valence-electron chi connectivity index (χ3n) is 2.14. The van der Waals surface area contributed by atoms with Gasteiger partial charge in [0, 0.05) is 5.33 Å². The molecule has 1 aromatic rings. The third-order valence-corrected chi connectivity index (χ3v) is 2.79. The van der Waals surface area contributed by atoms with Crippen molar-refractivity contribution in [3.8, 4) is 6.07 Å². The zero-order valence-electron chi connectivity index (χ0n) is 8.10. The summed E-state index contributed by atoms with van der Waals surface area (Å²) in [6, 6.07) is 9.06. The van der Waals surface area contributed by atoms with Crippen LogP contribution in [0.2, 0.25) is 0 Å². The van der Waals surface area contributed by atoms with Crippen LogP contribution in [0.1, 0.15) is 23.7 Å². The van der Waals surface area contributed by atoms with E-state index in [2.05, 4.69) is 15.9 Å². The summed E-state index contributed by atoms with van der Waals surface area (Å²) in [5.41, 5.74) is 1.73. The number of nitrogens with zero attached hydrogens (tertiary/aromatic N) is 1. The van der Waals surface area contributed by atoms with Crippen LogP contribution in [0, 0.1) is 11.3 Å². The van der Waals surface area contributed by atoms with Gasteiger partial charge in [-0.2, -0.15) is 5.26 Å². The maximum Gasteiger partial charge on any atom is 0.106 e. The molecule has 0 aliphatic rings. The Morgan fingerprint density at radius 2 is 1.87 bits per heavy atom. The molecule has 2 N–H and O–H groups in total. The Labute approximate surface area is 97.1 Å². The topological polar surface area (TPSA) is 64.2 Å². The number of hydrogen-bond donors (Lipinski definition) is 2. The minimum Gasteiger partial charge on any atom is -0.389 e. The van der Waals surface area contributed by atoms with E-state index in [4.69, 9.17) is 5.26 Å². The largest absolute Gasteiger partial charge is 0.389 e. The first-order valence-corrected chi connectivity index (χ1v) is 5.69. The average Bonchev–Trinajstić information content (AvgIpc) is 2.28. The lowest BCUT2D eigenvalue weighted by atomic mass is 10.0. The van der Waals surface area contributed by atoms with E-state index < -0.39 is 12.2 Å². The molecule has 3 nitrogen and oxygen atoms in total. The molecule has 80 valence electrons. The van der Waals surface area contributed by atoms with Crippen LogP contribution in [-0.2, 0) is 5.33 Å². The van der Waals surface area contributed by atoms with Crippen LogP contribution < -0.4 is 0 Å². The quantitative estimate of drug-likeness (QED) is 0.821. The third kappa shape index (κ3) is 3.31. The van der Waals surface area contributed by atoms with Crippen molar-refractivity contribution in [2.24, 2.45) is 0 Å². The second-order valence-corrected chi connectivity index (χ2v) is 3.81. The highest BCUT2D eigenvalue weighted by atomic mass is 79.9. The summed E-state index contributed by atoms with van der Waals surface area (Å²) >= 11 is 3.32. The fourth-order valence-corrected chi connectivity index (χ4v) is 1.61. The van der Waals surface area contributed by atoms with Crippen molar-refractivity contribution in [3.63, 3.8) is 0 Å². The van der Waals surface area contributed by atoms with Crippen molar-refractivity contribution in [2.45, 2.75) is 24.0 Å². The van der Waals surface area contributed by atoms with Crippen LogP contribution in [-0.4, -0.2) is 16.3 Å². The van der Waals surface area contributed by atoms with Gasteiger partial charge in [-0.1, -0.05) is 40.2 Å². The number of aliphatic hydroxyl groups is 2. The van der Waals surface area contributed by atoms with Gasteiger partial charge in [-0.15, -0.1) is 0 Å². The molecule has 1 aromatic carbocycles. The van der Waals surface area contributed by atoms with Gasteiger partial charge in [0.15, 0.2) is 0 Å². The number of benzene rings is 1. The highest BCUT2D eigenvalue weighted by molar-refractivity contribution is 9.08. The van der Waals surface area contributed by atoms with Crippen molar-refractivity contribution in [1.82, 2.24) is 0 Å². The van der Waals surface area contributed by atoms with Gasteiger partial charge in [-0.3, -0.25) is 0 Å².